The molecule has 1 aromatic heterocycles. The van der Waals surface area contributed by atoms with E-state index in [0.717, 1.165) is 30.4 Å². The molecule has 2 atom stereocenters. The van der Waals surface area contributed by atoms with Gasteiger partial charge in [0.1, 0.15) is 10.8 Å². The molecule has 0 saturated carbocycles. The van der Waals surface area contributed by atoms with E-state index in [4.69, 9.17) is 9.47 Å². The van der Waals surface area contributed by atoms with E-state index >= 15 is 0 Å². The van der Waals surface area contributed by atoms with Crippen molar-refractivity contribution >= 4 is 28.2 Å². The Morgan fingerprint density at radius 3 is 2.47 bits per heavy atom. The van der Waals surface area contributed by atoms with Gasteiger partial charge in [-0.3, -0.25) is 4.79 Å². The third kappa shape index (κ3) is 4.86. The maximum absolute atomic E-state index is 12.8. The minimum atomic E-state index is -0.695. The number of esters is 1. The third-order valence-corrected chi connectivity index (χ3v) is 6.99. The lowest BCUT2D eigenvalue weighted by atomic mass is 9.72. The number of carbonyl (C=O) groups is 2. The van der Waals surface area contributed by atoms with Gasteiger partial charge in [-0.1, -0.05) is 38.5 Å². The van der Waals surface area contributed by atoms with Crippen molar-refractivity contribution < 1.29 is 19.1 Å². The van der Waals surface area contributed by atoms with Gasteiger partial charge in [0.25, 0.3) is 5.91 Å². The number of thiophene rings is 1. The van der Waals surface area contributed by atoms with Crippen LogP contribution in [0.1, 0.15) is 60.5 Å². The fourth-order valence-corrected chi connectivity index (χ4v) is 5.14. The number of hydrogen-bond acceptors (Lipinski definition) is 5. The molecule has 0 fully saturated rings. The molecule has 0 bridgehead atoms. The van der Waals surface area contributed by atoms with Crippen LogP contribution in [-0.4, -0.2) is 25.1 Å². The van der Waals surface area contributed by atoms with Crippen molar-refractivity contribution in [1.82, 2.24) is 0 Å². The van der Waals surface area contributed by atoms with Gasteiger partial charge in [0, 0.05) is 4.88 Å². The molecule has 1 aliphatic rings. The lowest BCUT2D eigenvalue weighted by Gasteiger charge is -2.33. The second-order valence-electron chi connectivity index (χ2n) is 9.07. The number of rotatable bonds is 5. The molecule has 1 N–H and O–H groups in total. The molecule has 0 aliphatic heterocycles. The SMILES string of the molecule is COC(=O)c1c(NC(=O)C(C)Oc2ccc(C)cc2)sc2c1CCC(C(C)(C)C)C2. The van der Waals surface area contributed by atoms with Crippen molar-refractivity contribution in [3.63, 3.8) is 0 Å². The summed E-state index contributed by atoms with van der Waals surface area (Å²) in [5, 5.41) is 3.48. The second kappa shape index (κ2) is 8.80. The van der Waals surface area contributed by atoms with Crippen LogP contribution in [0.15, 0.2) is 24.3 Å². The zero-order valence-electron chi connectivity index (χ0n) is 18.6. The van der Waals surface area contributed by atoms with Crippen LogP contribution in [0.25, 0.3) is 0 Å². The molecule has 30 heavy (non-hydrogen) atoms. The molecule has 2 aromatic rings. The molecule has 3 rings (SSSR count). The summed E-state index contributed by atoms with van der Waals surface area (Å²) >= 11 is 1.49. The van der Waals surface area contributed by atoms with Gasteiger partial charge in [-0.05, 0) is 62.1 Å². The Bertz CT molecular complexity index is 924. The number of fused-ring (bicyclic) bond motifs is 1. The van der Waals surface area contributed by atoms with Gasteiger partial charge in [-0.2, -0.15) is 0 Å². The number of nitrogens with one attached hydrogen (secondary N) is 1. The molecule has 0 radical (unpaired) electrons. The molecule has 1 amide bonds. The first-order valence-corrected chi connectivity index (χ1v) is 11.2. The Labute approximate surface area is 182 Å². The average molecular weight is 430 g/mol. The molecule has 1 aromatic carbocycles. The minimum Gasteiger partial charge on any atom is -0.481 e. The largest absolute Gasteiger partial charge is 0.481 e. The van der Waals surface area contributed by atoms with Gasteiger partial charge in [0.05, 0.1) is 12.7 Å². The van der Waals surface area contributed by atoms with Crippen molar-refractivity contribution in [2.24, 2.45) is 11.3 Å². The van der Waals surface area contributed by atoms with E-state index in [-0.39, 0.29) is 11.3 Å². The fourth-order valence-electron chi connectivity index (χ4n) is 3.82. The van der Waals surface area contributed by atoms with Crippen LogP contribution in [0.3, 0.4) is 0 Å². The first-order chi connectivity index (χ1) is 14.1. The van der Waals surface area contributed by atoms with Gasteiger partial charge >= 0.3 is 5.97 Å². The summed E-state index contributed by atoms with van der Waals surface area (Å²) in [7, 11) is 1.38. The van der Waals surface area contributed by atoms with Crippen LogP contribution < -0.4 is 10.1 Å². The highest BCUT2D eigenvalue weighted by Gasteiger charge is 2.34. The van der Waals surface area contributed by atoms with Crippen molar-refractivity contribution in [3.05, 3.63) is 45.8 Å². The van der Waals surface area contributed by atoms with Gasteiger partial charge in [0.15, 0.2) is 6.10 Å². The van der Waals surface area contributed by atoms with Crippen molar-refractivity contribution in [3.8, 4) is 5.75 Å². The second-order valence-corrected chi connectivity index (χ2v) is 10.2. The molecular weight excluding hydrogens is 398 g/mol. The average Bonchev–Trinajstić information content (AvgIpc) is 3.05. The Morgan fingerprint density at radius 2 is 1.87 bits per heavy atom. The Hall–Kier alpha value is -2.34. The van der Waals surface area contributed by atoms with E-state index in [0.29, 0.717) is 22.2 Å². The molecule has 1 heterocycles. The summed E-state index contributed by atoms with van der Waals surface area (Å²) in [6, 6.07) is 7.56. The molecule has 6 heteroatoms. The van der Waals surface area contributed by atoms with Gasteiger partial charge < -0.3 is 14.8 Å². The zero-order chi connectivity index (χ0) is 22.1. The van der Waals surface area contributed by atoms with E-state index in [1.165, 1.54) is 23.3 Å². The molecule has 0 spiro atoms. The quantitative estimate of drug-likeness (QED) is 0.646. The number of methoxy groups -OCH3 is 1. The van der Waals surface area contributed by atoms with Gasteiger partial charge in [-0.15, -0.1) is 11.3 Å². The van der Waals surface area contributed by atoms with Crippen molar-refractivity contribution in [2.75, 3.05) is 12.4 Å². The lowest BCUT2D eigenvalue weighted by Crippen LogP contribution is -2.30. The van der Waals surface area contributed by atoms with E-state index in [2.05, 4.69) is 26.1 Å². The monoisotopic (exact) mass is 429 g/mol. The first-order valence-electron chi connectivity index (χ1n) is 10.4. The Morgan fingerprint density at radius 1 is 1.20 bits per heavy atom. The summed E-state index contributed by atoms with van der Waals surface area (Å²) in [6.07, 6.45) is 2.07. The number of benzene rings is 1. The predicted molar refractivity (Wildman–Crippen MR) is 121 cm³/mol. The summed E-state index contributed by atoms with van der Waals surface area (Å²) in [5.41, 5.74) is 2.85. The topological polar surface area (TPSA) is 64.6 Å². The molecule has 162 valence electrons. The summed E-state index contributed by atoms with van der Waals surface area (Å²) in [5.74, 6) is 0.493. The lowest BCUT2D eigenvalue weighted by molar-refractivity contribution is -0.122. The minimum absolute atomic E-state index is 0.201. The highest BCUT2D eigenvalue weighted by molar-refractivity contribution is 7.17. The van der Waals surface area contributed by atoms with E-state index < -0.39 is 12.1 Å². The van der Waals surface area contributed by atoms with E-state index in [1.807, 2.05) is 31.2 Å². The standard InChI is InChI=1S/C24H31NO4S/c1-14-7-10-17(11-8-14)29-15(2)21(26)25-22-20(23(27)28-6)18-12-9-16(24(3,4)5)13-19(18)30-22/h7-8,10-11,15-16H,9,12-13H2,1-6H3,(H,25,26). The van der Waals surface area contributed by atoms with Gasteiger partial charge in [0.2, 0.25) is 0 Å². The highest BCUT2D eigenvalue weighted by Crippen LogP contribution is 2.44. The van der Waals surface area contributed by atoms with Crippen LogP contribution in [0, 0.1) is 18.3 Å². The van der Waals surface area contributed by atoms with Gasteiger partial charge in [-0.25, -0.2) is 4.79 Å². The maximum Gasteiger partial charge on any atom is 0.341 e. The number of hydrogen-bond donors (Lipinski definition) is 1. The van der Waals surface area contributed by atoms with E-state index in [9.17, 15) is 9.59 Å². The molecular formula is C24H31NO4S. The molecule has 0 saturated heterocycles. The maximum atomic E-state index is 12.8. The van der Waals surface area contributed by atoms with Crippen molar-refractivity contribution in [1.29, 1.82) is 0 Å². The number of ether oxygens (including phenoxy) is 2. The van der Waals surface area contributed by atoms with Crippen LogP contribution in [-0.2, 0) is 22.4 Å². The van der Waals surface area contributed by atoms with Crippen LogP contribution >= 0.6 is 11.3 Å². The van der Waals surface area contributed by atoms with Crippen molar-refractivity contribution in [2.45, 2.75) is 60.0 Å². The normalized spacial score (nSPS) is 17.1. The smallest absolute Gasteiger partial charge is 0.341 e. The predicted octanol–water partition coefficient (Wildman–Crippen LogP) is 5.40. The fraction of sp³-hybridized carbons (Fsp3) is 0.500. The third-order valence-electron chi connectivity index (χ3n) is 5.82. The number of amides is 1. The molecule has 2 unspecified atom stereocenters. The van der Waals surface area contributed by atoms with E-state index in [1.54, 1.807) is 6.92 Å². The molecule has 1 aliphatic carbocycles. The van der Waals surface area contributed by atoms with Crippen LogP contribution in [0.5, 0.6) is 5.75 Å². The number of anilines is 1. The summed E-state index contributed by atoms with van der Waals surface area (Å²) in [6.45, 7) is 10.5. The Balaban J connectivity index is 1.81. The summed E-state index contributed by atoms with van der Waals surface area (Å²) in [4.78, 5) is 26.5. The van der Waals surface area contributed by atoms with Crippen LogP contribution in [0.2, 0.25) is 0 Å². The van der Waals surface area contributed by atoms with Crippen LogP contribution in [0.4, 0.5) is 5.00 Å². The number of aryl methyl sites for hydroxylation is 1. The molecule has 5 nitrogen and oxygen atoms in total. The first kappa shape index (κ1) is 22.3. The summed E-state index contributed by atoms with van der Waals surface area (Å²) < 4.78 is 10.8. The number of carbonyl (C=O) groups excluding carboxylic acids is 2. The highest BCUT2D eigenvalue weighted by atomic mass is 32.1. The Kier molecular flexibility index (Phi) is 6.56. The zero-order valence-corrected chi connectivity index (χ0v) is 19.4.